The average Bonchev–Trinajstić information content (AvgIpc) is 2.73. The third-order valence-corrected chi connectivity index (χ3v) is 3.80. The van der Waals surface area contributed by atoms with Crippen LogP contribution in [0.15, 0.2) is 18.2 Å². The molecule has 0 aliphatic carbocycles. The number of halogens is 3. The monoisotopic (exact) mass is 378 g/mol. The van der Waals surface area contributed by atoms with E-state index in [1.54, 1.807) is 6.07 Å². The van der Waals surface area contributed by atoms with Crippen LogP contribution in [0.2, 0.25) is 0 Å². The van der Waals surface area contributed by atoms with Crippen molar-refractivity contribution in [1.82, 2.24) is 14.9 Å². The molecule has 0 radical (unpaired) electrons. The fourth-order valence-electron chi connectivity index (χ4n) is 2.25. The van der Waals surface area contributed by atoms with E-state index in [1.807, 2.05) is 32.4 Å². The summed E-state index contributed by atoms with van der Waals surface area (Å²) in [4.78, 5) is 16.4. The van der Waals surface area contributed by atoms with Gasteiger partial charge in [0.15, 0.2) is 0 Å². The van der Waals surface area contributed by atoms with Crippen molar-refractivity contribution in [3.8, 4) is 0 Å². The Hall–Kier alpha value is -1.37. The highest BCUT2D eigenvalue weighted by atomic mass is 35.5. The van der Waals surface area contributed by atoms with Gasteiger partial charge in [0.1, 0.15) is 11.6 Å². The second-order valence-electron chi connectivity index (χ2n) is 6.60. The van der Waals surface area contributed by atoms with Crippen molar-refractivity contribution in [2.75, 3.05) is 6.54 Å². The minimum Gasteiger partial charge on any atom is -0.354 e. The van der Waals surface area contributed by atoms with Gasteiger partial charge in [0, 0.05) is 26.1 Å². The zero-order valence-corrected chi connectivity index (χ0v) is 15.9. The van der Waals surface area contributed by atoms with Gasteiger partial charge in [0.2, 0.25) is 5.91 Å². The Morgan fingerprint density at radius 1 is 1.38 bits per heavy atom. The van der Waals surface area contributed by atoms with Crippen molar-refractivity contribution < 1.29 is 9.18 Å². The van der Waals surface area contributed by atoms with E-state index >= 15 is 0 Å². The number of imidazole rings is 1. The number of carbonyl (C=O) groups excluding carboxylic acids is 1. The maximum Gasteiger partial charge on any atom is 0.237 e. The van der Waals surface area contributed by atoms with Gasteiger partial charge in [-0.3, -0.25) is 4.79 Å². The lowest BCUT2D eigenvalue weighted by Crippen LogP contribution is -2.49. The van der Waals surface area contributed by atoms with Gasteiger partial charge in [-0.05, 0) is 17.5 Å². The highest BCUT2D eigenvalue weighted by molar-refractivity contribution is 5.85. The van der Waals surface area contributed by atoms with Crippen LogP contribution >= 0.6 is 24.8 Å². The minimum atomic E-state index is -0.554. The van der Waals surface area contributed by atoms with Crippen LogP contribution in [-0.4, -0.2) is 28.0 Å². The molecule has 0 aliphatic rings. The van der Waals surface area contributed by atoms with Crippen LogP contribution in [0.3, 0.4) is 0 Å². The summed E-state index contributed by atoms with van der Waals surface area (Å²) < 4.78 is 15.1. The fraction of sp³-hybridized carbons (Fsp3) is 0.500. The van der Waals surface area contributed by atoms with Gasteiger partial charge in [-0.2, -0.15) is 0 Å². The van der Waals surface area contributed by atoms with Crippen LogP contribution in [0.5, 0.6) is 0 Å². The van der Waals surface area contributed by atoms with Gasteiger partial charge in [-0.25, -0.2) is 9.37 Å². The quantitative estimate of drug-likeness (QED) is 0.858. The number of carbonyl (C=O) groups is 1. The standard InChI is InChI=1S/C16H23FN4O.2ClH/c1-16(2,3)14(18)15(22)19-8-7-13-20-11-9-10(17)5-6-12(11)21(13)4;;/h5-6,9,14H,7-8,18H2,1-4H3,(H,19,22);2*1H/t14-;;/m1../s1. The highest BCUT2D eigenvalue weighted by Gasteiger charge is 2.27. The molecule has 1 atom stereocenters. The topological polar surface area (TPSA) is 72.9 Å². The molecule has 1 amide bonds. The number of aryl methyl sites for hydroxylation is 1. The first kappa shape index (κ1) is 22.6. The first-order chi connectivity index (χ1) is 10.2. The number of fused-ring (bicyclic) bond motifs is 1. The average molecular weight is 379 g/mol. The van der Waals surface area contributed by atoms with Crippen LogP contribution in [0.1, 0.15) is 26.6 Å². The smallest absolute Gasteiger partial charge is 0.237 e. The summed E-state index contributed by atoms with van der Waals surface area (Å²) in [5.74, 6) is 0.323. The zero-order valence-electron chi connectivity index (χ0n) is 14.3. The van der Waals surface area contributed by atoms with Crippen LogP contribution < -0.4 is 11.1 Å². The van der Waals surface area contributed by atoms with Crippen molar-refractivity contribution in [2.45, 2.75) is 33.2 Å². The first-order valence-corrected chi connectivity index (χ1v) is 7.34. The van der Waals surface area contributed by atoms with Gasteiger partial charge < -0.3 is 15.6 Å². The summed E-state index contributed by atoms with van der Waals surface area (Å²) in [7, 11) is 1.88. The molecule has 3 N–H and O–H groups in total. The Balaban J connectivity index is 0.00000264. The molecule has 8 heteroatoms. The fourth-order valence-corrected chi connectivity index (χ4v) is 2.25. The number of amides is 1. The summed E-state index contributed by atoms with van der Waals surface area (Å²) in [5.41, 5.74) is 7.12. The summed E-state index contributed by atoms with van der Waals surface area (Å²) >= 11 is 0. The van der Waals surface area contributed by atoms with Gasteiger partial charge >= 0.3 is 0 Å². The Kier molecular flexibility index (Phi) is 8.15. The number of rotatable bonds is 4. The number of nitrogens with two attached hydrogens (primary N) is 1. The molecule has 0 unspecified atom stereocenters. The van der Waals surface area contributed by atoms with Crippen LogP contribution in [0.25, 0.3) is 11.0 Å². The minimum absolute atomic E-state index is 0. The highest BCUT2D eigenvalue weighted by Crippen LogP contribution is 2.18. The Labute approximate surface area is 154 Å². The number of hydrogen-bond acceptors (Lipinski definition) is 3. The third-order valence-electron chi connectivity index (χ3n) is 3.80. The van der Waals surface area contributed by atoms with Crippen LogP contribution in [0.4, 0.5) is 4.39 Å². The van der Waals surface area contributed by atoms with E-state index in [0.717, 1.165) is 11.3 Å². The van der Waals surface area contributed by atoms with Gasteiger partial charge in [0.25, 0.3) is 0 Å². The molecule has 5 nitrogen and oxygen atoms in total. The summed E-state index contributed by atoms with van der Waals surface area (Å²) in [5, 5.41) is 2.83. The number of aromatic nitrogens is 2. The number of benzene rings is 1. The summed E-state index contributed by atoms with van der Waals surface area (Å²) in [6.45, 7) is 6.23. The van der Waals surface area contributed by atoms with E-state index in [4.69, 9.17) is 5.73 Å². The molecule has 1 aromatic heterocycles. The molecular formula is C16H25Cl2FN4O. The number of nitrogens with one attached hydrogen (secondary N) is 1. The Morgan fingerprint density at radius 3 is 2.58 bits per heavy atom. The SMILES string of the molecule is Cl.Cl.Cn1c(CCNC(=O)[C@@H](N)C(C)(C)C)nc2cc(F)ccc21. The molecule has 2 aromatic rings. The zero-order chi connectivity index (χ0) is 16.5. The van der Waals surface area contributed by atoms with E-state index in [1.165, 1.54) is 12.1 Å². The van der Waals surface area contributed by atoms with E-state index < -0.39 is 6.04 Å². The molecular weight excluding hydrogens is 354 g/mol. The molecule has 1 aromatic carbocycles. The largest absolute Gasteiger partial charge is 0.354 e. The molecule has 0 saturated heterocycles. The van der Waals surface area contributed by atoms with Crippen LogP contribution in [-0.2, 0) is 18.3 Å². The normalized spacial score (nSPS) is 12.2. The molecule has 0 saturated carbocycles. The lowest BCUT2D eigenvalue weighted by molar-refractivity contribution is -0.124. The lowest BCUT2D eigenvalue weighted by atomic mass is 9.87. The summed E-state index contributed by atoms with van der Waals surface area (Å²) in [6.07, 6.45) is 0.565. The number of nitrogens with zero attached hydrogens (tertiary/aromatic N) is 2. The molecule has 1 heterocycles. The molecule has 0 bridgehead atoms. The van der Waals surface area contributed by atoms with Gasteiger partial charge in [-0.1, -0.05) is 20.8 Å². The van der Waals surface area contributed by atoms with E-state index in [0.29, 0.717) is 18.5 Å². The molecule has 0 aliphatic heterocycles. The van der Waals surface area contributed by atoms with Crippen LogP contribution in [0, 0.1) is 11.2 Å². The second kappa shape index (κ2) is 8.65. The Morgan fingerprint density at radius 2 is 2.00 bits per heavy atom. The summed E-state index contributed by atoms with van der Waals surface area (Å²) in [6, 6.07) is 3.97. The predicted molar refractivity (Wildman–Crippen MR) is 99.3 cm³/mol. The van der Waals surface area contributed by atoms with Crippen molar-refractivity contribution in [3.05, 3.63) is 29.8 Å². The van der Waals surface area contributed by atoms with Gasteiger partial charge in [-0.15, -0.1) is 24.8 Å². The second-order valence-corrected chi connectivity index (χ2v) is 6.60. The van der Waals surface area contributed by atoms with Crippen molar-refractivity contribution in [3.63, 3.8) is 0 Å². The molecule has 2 rings (SSSR count). The first-order valence-electron chi connectivity index (χ1n) is 7.34. The van der Waals surface area contributed by atoms with E-state index in [-0.39, 0.29) is 42.0 Å². The molecule has 24 heavy (non-hydrogen) atoms. The van der Waals surface area contributed by atoms with Crippen molar-refractivity contribution in [1.29, 1.82) is 0 Å². The van der Waals surface area contributed by atoms with Gasteiger partial charge in [0.05, 0.1) is 17.1 Å². The molecule has 0 spiro atoms. The lowest BCUT2D eigenvalue weighted by Gasteiger charge is -2.25. The Bertz CT molecular complexity index is 697. The van der Waals surface area contributed by atoms with E-state index in [9.17, 15) is 9.18 Å². The molecule has 0 fully saturated rings. The van der Waals surface area contributed by atoms with Crippen molar-refractivity contribution in [2.24, 2.45) is 18.2 Å². The molecule has 136 valence electrons. The van der Waals surface area contributed by atoms with E-state index in [2.05, 4.69) is 10.3 Å². The van der Waals surface area contributed by atoms with Crippen molar-refractivity contribution >= 4 is 41.8 Å². The maximum atomic E-state index is 13.2. The predicted octanol–water partition coefficient (Wildman–Crippen LogP) is 2.59. The third kappa shape index (κ3) is 5.06. The number of hydrogen-bond donors (Lipinski definition) is 2. The maximum absolute atomic E-state index is 13.2.